The Hall–Kier alpha value is -2.07. The summed E-state index contributed by atoms with van der Waals surface area (Å²) in [6, 6.07) is 16.4. The fourth-order valence-electron chi connectivity index (χ4n) is 3.77. The molecule has 2 aliphatic rings. The molecule has 0 radical (unpaired) electrons. The molecule has 0 aromatic heterocycles. The van der Waals surface area contributed by atoms with Crippen molar-refractivity contribution >= 4 is 46.7 Å². The van der Waals surface area contributed by atoms with Crippen LogP contribution in [0.5, 0.6) is 0 Å². The number of nitriles is 1. The SMILES string of the molecule is CSc1ccc(C2CC(=O)N3CN(c4cccc(Cl)c4C)CSC3=C2C#N)cc1. The molecule has 2 aromatic rings. The molecular weight excluding hydrogens is 422 g/mol. The molecule has 0 spiro atoms. The van der Waals surface area contributed by atoms with Crippen LogP contribution in [0.2, 0.25) is 5.02 Å². The molecule has 1 amide bonds. The predicted octanol–water partition coefficient (Wildman–Crippen LogP) is 5.59. The van der Waals surface area contributed by atoms with Gasteiger partial charge in [0.2, 0.25) is 5.91 Å². The average Bonchev–Trinajstić information content (AvgIpc) is 2.75. The first-order chi connectivity index (χ1) is 14.0. The highest BCUT2D eigenvalue weighted by molar-refractivity contribution is 8.03. The van der Waals surface area contributed by atoms with Crippen LogP contribution in [0.1, 0.15) is 23.5 Å². The number of amides is 1. The van der Waals surface area contributed by atoms with E-state index in [1.165, 1.54) is 4.90 Å². The molecule has 7 heteroatoms. The van der Waals surface area contributed by atoms with Crippen molar-refractivity contribution in [1.82, 2.24) is 4.90 Å². The number of nitrogens with zero attached hydrogens (tertiary/aromatic N) is 3. The van der Waals surface area contributed by atoms with Crippen LogP contribution in [-0.2, 0) is 4.79 Å². The van der Waals surface area contributed by atoms with E-state index in [1.54, 1.807) is 28.4 Å². The van der Waals surface area contributed by atoms with Gasteiger partial charge in [-0.25, -0.2) is 0 Å². The number of anilines is 1. The third-order valence-electron chi connectivity index (χ3n) is 5.39. The Morgan fingerprint density at radius 2 is 2.00 bits per heavy atom. The summed E-state index contributed by atoms with van der Waals surface area (Å²) in [6.45, 7) is 2.42. The van der Waals surface area contributed by atoms with Gasteiger partial charge < -0.3 is 4.90 Å². The molecule has 2 aromatic carbocycles. The first kappa shape index (κ1) is 20.2. The number of rotatable bonds is 3. The fourth-order valence-corrected chi connectivity index (χ4v) is 5.51. The van der Waals surface area contributed by atoms with Crippen LogP contribution >= 0.6 is 35.1 Å². The Morgan fingerprint density at radius 1 is 1.24 bits per heavy atom. The van der Waals surface area contributed by atoms with Crippen molar-refractivity contribution in [3.05, 3.63) is 69.2 Å². The molecule has 29 heavy (non-hydrogen) atoms. The quantitative estimate of drug-likeness (QED) is 0.581. The molecule has 0 aliphatic carbocycles. The van der Waals surface area contributed by atoms with Gasteiger partial charge in [-0.3, -0.25) is 9.69 Å². The minimum atomic E-state index is -0.179. The minimum absolute atomic E-state index is 0.0508. The Balaban J connectivity index is 1.66. The number of hydrogen-bond donors (Lipinski definition) is 0. The van der Waals surface area contributed by atoms with Gasteiger partial charge in [0.15, 0.2) is 0 Å². The molecule has 1 atom stereocenters. The zero-order valence-electron chi connectivity index (χ0n) is 16.2. The zero-order chi connectivity index (χ0) is 20.5. The Kier molecular flexibility index (Phi) is 5.82. The molecule has 0 N–H and O–H groups in total. The lowest BCUT2D eigenvalue weighted by molar-refractivity contribution is -0.129. The number of carbonyl (C=O) groups excluding carboxylic acids is 1. The number of allylic oxidation sites excluding steroid dienone is 1. The lowest BCUT2D eigenvalue weighted by Crippen LogP contribution is -2.47. The zero-order valence-corrected chi connectivity index (χ0v) is 18.6. The van der Waals surface area contributed by atoms with E-state index < -0.39 is 0 Å². The van der Waals surface area contributed by atoms with Crippen molar-refractivity contribution in [3.63, 3.8) is 0 Å². The molecule has 148 valence electrons. The smallest absolute Gasteiger partial charge is 0.229 e. The summed E-state index contributed by atoms with van der Waals surface area (Å²) in [5.74, 6) is 0.542. The second-order valence-corrected chi connectivity index (χ2v) is 9.24. The third-order valence-corrected chi connectivity index (χ3v) is 7.70. The van der Waals surface area contributed by atoms with E-state index in [1.807, 2.05) is 55.6 Å². The molecule has 2 aliphatic heterocycles. The number of carbonyl (C=O) groups is 1. The Morgan fingerprint density at radius 3 is 2.69 bits per heavy atom. The maximum atomic E-state index is 13.0. The van der Waals surface area contributed by atoms with Crippen molar-refractivity contribution in [2.75, 3.05) is 23.7 Å². The highest BCUT2D eigenvalue weighted by atomic mass is 35.5. The molecule has 1 unspecified atom stereocenters. The van der Waals surface area contributed by atoms with Gasteiger partial charge in [0, 0.05) is 27.9 Å². The van der Waals surface area contributed by atoms with Crippen LogP contribution in [-0.4, -0.2) is 29.6 Å². The normalized spacial score (nSPS) is 19.2. The number of hydrogen-bond acceptors (Lipinski definition) is 5. The molecule has 1 fully saturated rings. The first-order valence-electron chi connectivity index (χ1n) is 9.25. The second kappa shape index (κ2) is 8.35. The average molecular weight is 442 g/mol. The van der Waals surface area contributed by atoms with Crippen LogP contribution in [0.15, 0.2) is 58.0 Å². The molecule has 4 rings (SSSR count). The van der Waals surface area contributed by atoms with E-state index in [2.05, 4.69) is 11.0 Å². The van der Waals surface area contributed by atoms with Crippen molar-refractivity contribution in [1.29, 1.82) is 5.26 Å². The van der Waals surface area contributed by atoms with Crippen molar-refractivity contribution in [3.8, 4) is 6.07 Å². The summed E-state index contributed by atoms with van der Waals surface area (Å²) >= 11 is 9.51. The summed E-state index contributed by atoms with van der Waals surface area (Å²) < 4.78 is 0. The molecule has 1 saturated heterocycles. The van der Waals surface area contributed by atoms with Crippen molar-refractivity contribution in [2.24, 2.45) is 0 Å². The van der Waals surface area contributed by atoms with Gasteiger partial charge in [0.05, 0.1) is 29.2 Å². The van der Waals surface area contributed by atoms with E-state index in [0.717, 1.165) is 21.8 Å². The van der Waals surface area contributed by atoms with Gasteiger partial charge in [0.25, 0.3) is 0 Å². The van der Waals surface area contributed by atoms with E-state index in [0.29, 0.717) is 29.6 Å². The van der Waals surface area contributed by atoms with Gasteiger partial charge in [-0.2, -0.15) is 5.26 Å². The number of thioether (sulfide) groups is 2. The fraction of sp³-hybridized carbons (Fsp3) is 0.273. The van der Waals surface area contributed by atoms with Crippen LogP contribution in [0.3, 0.4) is 0 Å². The van der Waals surface area contributed by atoms with Gasteiger partial charge in [-0.05, 0) is 48.6 Å². The largest absolute Gasteiger partial charge is 0.343 e. The van der Waals surface area contributed by atoms with Gasteiger partial charge >= 0.3 is 0 Å². The van der Waals surface area contributed by atoms with E-state index in [-0.39, 0.29) is 11.8 Å². The summed E-state index contributed by atoms with van der Waals surface area (Å²) in [6.07, 6.45) is 2.35. The van der Waals surface area contributed by atoms with Crippen LogP contribution in [0, 0.1) is 18.3 Å². The predicted molar refractivity (Wildman–Crippen MR) is 121 cm³/mol. The van der Waals surface area contributed by atoms with Gasteiger partial charge in [0.1, 0.15) is 0 Å². The standard InChI is InChI=1S/C22H20ClN3OS2/c1-14-19(23)4-3-5-20(14)25-12-26-21(27)10-17(18(11-24)22(26)29-13-25)15-6-8-16(28-2)9-7-15/h3-9,17H,10,12-13H2,1-2H3. The molecule has 0 saturated carbocycles. The number of benzene rings is 2. The summed E-state index contributed by atoms with van der Waals surface area (Å²) in [5, 5.41) is 11.4. The maximum Gasteiger partial charge on any atom is 0.229 e. The Labute approximate surface area is 184 Å². The first-order valence-corrected chi connectivity index (χ1v) is 11.8. The lowest BCUT2D eigenvalue weighted by atomic mass is 9.86. The van der Waals surface area contributed by atoms with Crippen LogP contribution in [0.25, 0.3) is 0 Å². The highest BCUT2D eigenvalue weighted by Crippen LogP contribution is 2.44. The Bertz CT molecular complexity index is 1030. The third kappa shape index (κ3) is 3.75. The summed E-state index contributed by atoms with van der Waals surface area (Å²) in [5.41, 5.74) is 3.73. The van der Waals surface area contributed by atoms with Gasteiger partial charge in [-0.1, -0.05) is 41.6 Å². The molecule has 4 nitrogen and oxygen atoms in total. The summed E-state index contributed by atoms with van der Waals surface area (Å²) in [4.78, 5) is 18.1. The van der Waals surface area contributed by atoms with E-state index in [4.69, 9.17) is 11.6 Å². The maximum absolute atomic E-state index is 13.0. The van der Waals surface area contributed by atoms with Crippen LogP contribution in [0.4, 0.5) is 5.69 Å². The number of halogens is 1. The van der Waals surface area contributed by atoms with Crippen LogP contribution < -0.4 is 4.90 Å². The van der Waals surface area contributed by atoms with Crippen molar-refractivity contribution in [2.45, 2.75) is 24.2 Å². The monoisotopic (exact) mass is 441 g/mol. The lowest BCUT2D eigenvalue weighted by Gasteiger charge is -2.42. The molecule has 0 bridgehead atoms. The molecular formula is C22H20ClN3OS2. The molecule has 2 heterocycles. The van der Waals surface area contributed by atoms with Crippen molar-refractivity contribution < 1.29 is 4.79 Å². The summed E-state index contributed by atoms with van der Waals surface area (Å²) in [7, 11) is 0. The second-order valence-electron chi connectivity index (χ2n) is 7.02. The number of fused-ring (bicyclic) bond motifs is 1. The topological polar surface area (TPSA) is 47.3 Å². The van der Waals surface area contributed by atoms with E-state index in [9.17, 15) is 10.1 Å². The minimum Gasteiger partial charge on any atom is -0.343 e. The van der Waals surface area contributed by atoms with Gasteiger partial charge in [-0.15, -0.1) is 11.8 Å². The van der Waals surface area contributed by atoms with E-state index >= 15 is 0 Å². The highest BCUT2D eigenvalue weighted by Gasteiger charge is 2.38.